The molecule has 1 aliphatic heterocycles. The SMILES string of the molecule is O=C(CCn1ccc(=O)[nH]c1=O)N1CCC(Oc2nc3ccccc3s2)CC1. The summed E-state index contributed by atoms with van der Waals surface area (Å²) in [5, 5.41) is 0.670. The van der Waals surface area contributed by atoms with Gasteiger partial charge in [0.2, 0.25) is 5.91 Å². The Kier molecular flexibility index (Phi) is 5.25. The van der Waals surface area contributed by atoms with E-state index >= 15 is 0 Å². The number of hydrogen-bond donors (Lipinski definition) is 1. The highest BCUT2D eigenvalue weighted by atomic mass is 32.1. The first kappa shape index (κ1) is 18.4. The molecule has 3 aromatic rings. The zero-order valence-electron chi connectivity index (χ0n) is 15.2. The number of benzene rings is 1. The minimum Gasteiger partial charge on any atom is -0.467 e. The number of hydrogen-bond acceptors (Lipinski definition) is 6. The number of carbonyl (C=O) groups excluding carboxylic acids is 1. The largest absolute Gasteiger partial charge is 0.467 e. The van der Waals surface area contributed by atoms with Crippen molar-refractivity contribution < 1.29 is 9.53 Å². The van der Waals surface area contributed by atoms with E-state index in [9.17, 15) is 14.4 Å². The molecule has 1 aliphatic rings. The quantitative estimate of drug-likeness (QED) is 0.702. The van der Waals surface area contributed by atoms with E-state index in [-0.39, 0.29) is 25.0 Å². The highest BCUT2D eigenvalue weighted by Crippen LogP contribution is 2.29. The number of H-pyrrole nitrogens is 1. The van der Waals surface area contributed by atoms with Gasteiger partial charge in [-0.1, -0.05) is 23.5 Å². The minimum atomic E-state index is -0.497. The molecule has 1 aromatic carbocycles. The van der Waals surface area contributed by atoms with E-state index in [1.165, 1.54) is 28.2 Å². The molecule has 0 radical (unpaired) electrons. The number of fused-ring (bicyclic) bond motifs is 1. The molecule has 1 amide bonds. The van der Waals surface area contributed by atoms with Gasteiger partial charge in [0.05, 0.1) is 10.2 Å². The zero-order chi connectivity index (χ0) is 19.5. The maximum atomic E-state index is 12.4. The number of likely N-dealkylation sites (tertiary alicyclic amines) is 1. The van der Waals surface area contributed by atoms with Crippen LogP contribution in [0, 0.1) is 0 Å². The smallest absolute Gasteiger partial charge is 0.328 e. The number of nitrogens with one attached hydrogen (secondary N) is 1. The van der Waals surface area contributed by atoms with Gasteiger partial charge in [0.15, 0.2) is 0 Å². The van der Waals surface area contributed by atoms with Crippen LogP contribution < -0.4 is 16.0 Å². The van der Waals surface area contributed by atoms with E-state index in [1.807, 2.05) is 24.3 Å². The molecular formula is C19H20N4O4S. The summed E-state index contributed by atoms with van der Waals surface area (Å²) in [5.74, 6) is -0.00321. The molecule has 1 N–H and O–H groups in total. The van der Waals surface area contributed by atoms with Gasteiger partial charge in [0.1, 0.15) is 6.10 Å². The summed E-state index contributed by atoms with van der Waals surface area (Å²) in [5.41, 5.74) is -0.00127. The van der Waals surface area contributed by atoms with Crippen LogP contribution in [0.3, 0.4) is 0 Å². The summed E-state index contributed by atoms with van der Waals surface area (Å²) in [7, 11) is 0. The first-order chi connectivity index (χ1) is 13.6. The number of rotatable bonds is 5. The van der Waals surface area contributed by atoms with Gasteiger partial charge in [-0.2, -0.15) is 0 Å². The van der Waals surface area contributed by atoms with Gasteiger partial charge in [-0.3, -0.25) is 14.6 Å². The Morgan fingerprint density at radius 3 is 2.75 bits per heavy atom. The molecule has 1 fully saturated rings. The van der Waals surface area contributed by atoms with Crippen molar-refractivity contribution in [3.8, 4) is 5.19 Å². The normalized spacial score (nSPS) is 15.1. The number of thiazole rings is 1. The van der Waals surface area contributed by atoms with E-state index in [4.69, 9.17) is 4.74 Å². The number of aryl methyl sites for hydroxylation is 1. The first-order valence-electron chi connectivity index (χ1n) is 9.18. The van der Waals surface area contributed by atoms with Crippen LogP contribution in [-0.2, 0) is 11.3 Å². The summed E-state index contributed by atoms with van der Waals surface area (Å²) in [6.45, 7) is 1.49. The maximum absolute atomic E-state index is 12.4. The average Bonchev–Trinajstić information content (AvgIpc) is 3.10. The number of nitrogens with zero attached hydrogens (tertiary/aromatic N) is 3. The van der Waals surface area contributed by atoms with Crippen molar-refractivity contribution >= 4 is 27.5 Å². The molecule has 1 saturated heterocycles. The van der Waals surface area contributed by atoms with Crippen LogP contribution in [0.4, 0.5) is 0 Å². The molecule has 0 bridgehead atoms. The van der Waals surface area contributed by atoms with Crippen LogP contribution in [0.1, 0.15) is 19.3 Å². The van der Waals surface area contributed by atoms with Crippen molar-refractivity contribution in [3.63, 3.8) is 0 Å². The second kappa shape index (κ2) is 7.97. The van der Waals surface area contributed by atoms with Crippen LogP contribution in [0.15, 0.2) is 46.1 Å². The number of para-hydroxylation sites is 1. The molecule has 0 aliphatic carbocycles. The fourth-order valence-corrected chi connectivity index (χ4v) is 4.14. The number of aromatic nitrogens is 3. The van der Waals surface area contributed by atoms with Crippen LogP contribution in [0.2, 0.25) is 0 Å². The molecule has 4 rings (SSSR count). The second-order valence-electron chi connectivity index (χ2n) is 6.70. The van der Waals surface area contributed by atoms with Crippen molar-refractivity contribution in [2.45, 2.75) is 31.9 Å². The highest BCUT2D eigenvalue weighted by Gasteiger charge is 2.24. The Labute approximate surface area is 164 Å². The third-order valence-electron chi connectivity index (χ3n) is 4.80. The molecule has 0 saturated carbocycles. The lowest BCUT2D eigenvalue weighted by Gasteiger charge is -2.31. The fraction of sp³-hybridized carbons (Fsp3) is 0.368. The maximum Gasteiger partial charge on any atom is 0.328 e. The van der Waals surface area contributed by atoms with Crippen molar-refractivity contribution in [1.82, 2.24) is 19.4 Å². The zero-order valence-corrected chi connectivity index (χ0v) is 16.0. The topological polar surface area (TPSA) is 97.3 Å². The van der Waals surface area contributed by atoms with Gasteiger partial charge in [-0.05, 0) is 12.1 Å². The molecule has 0 atom stereocenters. The number of piperidine rings is 1. The lowest BCUT2D eigenvalue weighted by molar-refractivity contribution is -0.133. The molecule has 9 heteroatoms. The first-order valence-corrected chi connectivity index (χ1v) is 10.00. The third kappa shape index (κ3) is 4.14. The molecular weight excluding hydrogens is 380 g/mol. The Morgan fingerprint density at radius 1 is 1.21 bits per heavy atom. The predicted octanol–water partition coefficient (Wildman–Crippen LogP) is 1.61. The van der Waals surface area contributed by atoms with Crippen molar-refractivity contribution in [2.24, 2.45) is 0 Å². The van der Waals surface area contributed by atoms with Crippen LogP contribution in [-0.4, -0.2) is 44.5 Å². The second-order valence-corrected chi connectivity index (χ2v) is 7.69. The number of ether oxygens (including phenoxy) is 1. The third-order valence-corrected chi connectivity index (χ3v) is 5.73. The Balaban J connectivity index is 1.28. The molecule has 0 spiro atoms. The molecule has 146 valence electrons. The number of amides is 1. The summed E-state index contributed by atoms with van der Waals surface area (Å²) in [6.07, 6.45) is 3.18. The van der Waals surface area contributed by atoms with E-state index in [0.29, 0.717) is 18.3 Å². The standard InChI is InChI=1S/C19H20N4O4S/c24-16-7-11-23(18(26)21-16)12-8-17(25)22-9-5-13(6-10-22)27-19-20-14-3-1-2-4-15(14)28-19/h1-4,7,11,13H,5-6,8-10,12H2,(H,21,24,26). The molecule has 2 aromatic heterocycles. The molecule has 3 heterocycles. The van der Waals surface area contributed by atoms with Gasteiger partial charge in [-0.15, -0.1) is 0 Å². The van der Waals surface area contributed by atoms with E-state index < -0.39 is 11.2 Å². The van der Waals surface area contributed by atoms with Gasteiger partial charge in [-0.25, -0.2) is 9.78 Å². The van der Waals surface area contributed by atoms with Crippen LogP contribution >= 0.6 is 11.3 Å². The van der Waals surface area contributed by atoms with E-state index in [0.717, 1.165) is 23.1 Å². The summed E-state index contributed by atoms with van der Waals surface area (Å²) >= 11 is 1.53. The lowest BCUT2D eigenvalue weighted by atomic mass is 10.1. The van der Waals surface area contributed by atoms with Crippen molar-refractivity contribution in [1.29, 1.82) is 0 Å². The van der Waals surface area contributed by atoms with Gasteiger partial charge in [0.25, 0.3) is 10.8 Å². The van der Waals surface area contributed by atoms with Crippen LogP contribution in [0.25, 0.3) is 10.2 Å². The van der Waals surface area contributed by atoms with Gasteiger partial charge >= 0.3 is 5.69 Å². The number of carbonyl (C=O) groups is 1. The van der Waals surface area contributed by atoms with Crippen LogP contribution in [0.5, 0.6) is 5.19 Å². The highest BCUT2D eigenvalue weighted by molar-refractivity contribution is 7.20. The minimum absolute atomic E-state index is 0.00321. The van der Waals surface area contributed by atoms with E-state index in [1.54, 1.807) is 4.90 Å². The Morgan fingerprint density at radius 2 is 2.00 bits per heavy atom. The lowest BCUT2D eigenvalue weighted by Crippen LogP contribution is -2.42. The average molecular weight is 400 g/mol. The van der Waals surface area contributed by atoms with Crippen molar-refractivity contribution in [2.75, 3.05) is 13.1 Å². The van der Waals surface area contributed by atoms with E-state index in [2.05, 4.69) is 9.97 Å². The molecule has 0 unspecified atom stereocenters. The van der Waals surface area contributed by atoms with Gasteiger partial charge in [0, 0.05) is 51.2 Å². The monoisotopic (exact) mass is 400 g/mol. The molecule has 8 nitrogen and oxygen atoms in total. The molecule has 28 heavy (non-hydrogen) atoms. The van der Waals surface area contributed by atoms with Crippen molar-refractivity contribution in [3.05, 3.63) is 57.4 Å². The number of aromatic amines is 1. The predicted molar refractivity (Wildman–Crippen MR) is 106 cm³/mol. The Hall–Kier alpha value is -2.94. The summed E-state index contributed by atoms with van der Waals surface area (Å²) < 4.78 is 8.45. The summed E-state index contributed by atoms with van der Waals surface area (Å²) in [4.78, 5) is 43.7. The fourth-order valence-electron chi connectivity index (χ4n) is 3.26. The Bertz CT molecular complexity index is 1060. The summed E-state index contributed by atoms with van der Waals surface area (Å²) in [6, 6.07) is 9.20. The van der Waals surface area contributed by atoms with Gasteiger partial charge < -0.3 is 14.2 Å².